The molecule has 2 heteroatoms. The van der Waals surface area contributed by atoms with Crippen LogP contribution in [0.2, 0.25) is 0 Å². The monoisotopic (exact) mass is 388 g/mol. The zero-order valence-corrected chi connectivity index (χ0v) is 19.6. The van der Waals surface area contributed by atoms with Gasteiger partial charge in [0.25, 0.3) is 0 Å². The predicted molar refractivity (Wildman–Crippen MR) is 122 cm³/mol. The van der Waals surface area contributed by atoms with Gasteiger partial charge in [-0.3, -0.25) is 0 Å². The summed E-state index contributed by atoms with van der Waals surface area (Å²) in [6.07, 6.45) is 4.53. The molecule has 0 bridgehead atoms. The Labute approximate surface area is 176 Å². The van der Waals surface area contributed by atoms with Crippen LogP contribution in [0.25, 0.3) is 22.5 Å². The highest BCUT2D eigenvalue weighted by Crippen LogP contribution is 2.31. The molecule has 3 rings (SSSR count). The summed E-state index contributed by atoms with van der Waals surface area (Å²) < 4.78 is 4.52. The van der Waals surface area contributed by atoms with Gasteiger partial charge in [0, 0.05) is 34.4 Å². The summed E-state index contributed by atoms with van der Waals surface area (Å²) in [4.78, 5) is 0. The molecule has 152 valence electrons. The van der Waals surface area contributed by atoms with Crippen molar-refractivity contribution in [3.63, 3.8) is 0 Å². The van der Waals surface area contributed by atoms with E-state index < -0.39 is 0 Å². The summed E-state index contributed by atoms with van der Waals surface area (Å²) in [6.45, 7) is 15.8. The molecule has 0 saturated carbocycles. The second kappa shape index (κ2) is 7.40. The van der Waals surface area contributed by atoms with Gasteiger partial charge < -0.3 is 0 Å². The van der Waals surface area contributed by atoms with Gasteiger partial charge in [-0.25, -0.2) is 9.13 Å². The zero-order valence-electron chi connectivity index (χ0n) is 19.6. The Hall–Kier alpha value is -2.48. The van der Waals surface area contributed by atoms with E-state index in [-0.39, 0.29) is 10.8 Å². The SMILES string of the molecule is Cc1c(-c2ccc(C(C)(C)C)c[n+]2C)cccc1-c1ccc(C(C)(C)C)c[n+]1C. The molecule has 2 aromatic heterocycles. The van der Waals surface area contributed by atoms with Crippen molar-refractivity contribution < 1.29 is 9.13 Å². The lowest BCUT2D eigenvalue weighted by atomic mass is 9.87. The predicted octanol–water partition coefficient (Wildman–Crippen LogP) is 5.57. The number of aromatic nitrogens is 2. The van der Waals surface area contributed by atoms with Crippen LogP contribution in [-0.4, -0.2) is 0 Å². The summed E-state index contributed by atoms with van der Waals surface area (Å²) in [5, 5.41) is 0. The van der Waals surface area contributed by atoms with Crippen LogP contribution in [0.5, 0.6) is 0 Å². The van der Waals surface area contributed by atoms with Crippen molar-refractivity contribution in [2.24, 2.45) is 14.1 Å². The maximum absolute atomic E-state index is 2.26. The molecule has 0 aliphatic rings. The van der Waals surface area contributed by atoms with Crippen LogP contribution in [0.4, 0.5) is 0 Å². The van der Waals surface area contributed by atoms with Crippen molar-refractivity contribution in [2.45, 2.75) is 59.3 Å². The second-order valence-corrected chi connectivity index (χ2v) is 10.3. The standard InChI is InChI=1S/C27H36N2/c1-19-22(24-15-13-20(17-28(24)8)26(2,3)4)11-10-12-23(19)25-16-14-21(18-29(25)9)27(5,6)7/h10-18H,1-9H3/q+2. The number of hydrogen-bond acceptors (Lipinski definition) is 0. The van der Waals surface area contributed by atoms with E-state index in [1.165, 1.54) is 39.2 Å². The van der Waals surface area contributed by atoms with E-state index in [1.807, 2.05) is 0 Å². The minimum absolute atomic E-state index is 0.149. The molecule has 0 radical (unpaired) electrons. The Bertz CT molecular complexity index is 965. The number of hydrogen-bond donors (Lipinski definition) is 0. The van der Waals surface area contributed by atoms with Crippen molar-refractivity contribution in [2.75, 3.05) is 0 Å². The van der Waals surface area contributed by atoms with E-state index in [9.17, 15) is 0 Å². The van der Waals surface area contributed by atoms with Crippen LogP contribution in [0, 0.1) is 6.92 Å². The van der Waals surface area contributed by atoms with E-state index in [4.69, 9.17) is 0 Å². The number of nitrogens with zero attached hydrogens (tertiary/aromatic N) is 2. The van der Waals surface area contributed by atoms with E-state index in [0.717, 1.165) is 0 Å². The van der Waals surface area contributed by atoms with E-state index >= 15 is 0 Å². The molecule has 0 saturated heterocycles. The van der Waals surface area contributed by atoms with Crippen LogP contribution in [0.3, 0.4) is 0 Å². The quantitative estimate of drug-likeness (QED) is 0.507. The first kappa shape index (κ1) is 21.2. The topological polar surface area (TPSA) is 7.76 Å². The lowest BCUT2D eigenvalue weighted by molar-refractivity contribution is -0.661. The van der Waals surface area contributed by atoms with Crippen molar-refractivity contribution >= 4 is 0 Å². The van der Waals surface area contributed by atoms with Gasteiger partial charge in [-0.05, 0) is 47.6 Å². The first-order chi connectivity index (χ1) is 13.4. The molecule has 2 nitrogen and oxygen atoms in total. The molecule has 0 N–H and O–H groups in total. The van der Waals surface area contributed by atoms with E-state index in [0.29, 0.717) is 0 Å². The van der Waals surface area contributed by atoms with E-state index in [2.05, 4.69) is 127 Å². The molecule has 0 aliphatic heterocycles. The molecule has 0 unspecified atom stereocenters. The molecule has 0 fully saturated rings. The maximum atomic E-state index is 2.26. The molecule has 0 aliphatic carbocycles. The Morgan fingerprint density at radius 3 is 1.28 bits per heavy atom. The molecule has 3 aromatic rings. The lowest BCUT2D eigenvalue weighted by Crippen LogP contribution is -2.34. The second-order valence-electron chi connectivity index (χ2n) is 10.3. The highest BCUT2D eigenvalue weighted by Gasteiger charge is 2.23. The average Bonchev–Trinajstić information content (AvgIpc) is 2.61. The van der Waals surface area contributed by atoms with Crippen molar-refractivity contribution in [1.29, 1.82) is 0 Å². The third-order valence-electron chi connectivity index (χ3n) is 5.88. The fourth-order valence-corrected chi connectivity index (χ4v) is 3.85. The number of benzene rings is 1. The normalized spacial score (nSPS) is 12.3. The number of rotatable bonds is 2. The average molecular weight is 389 g/mol. The van der Waals surface area contributed by atoms with E-state index in [1.54, 1.807) is 0 Å². The van der Waals surface area contributed by atoms with Gasteiger partial charge in [0.15, 0.2) is 12.4 Å². The summed E-state index contributed by atoms with van der Waals surface area (Å²) >= 11 is 0. The summed E-state index contributed by atoms with van der Waals surface area (Å²) in [5.74, 6) is 0. The zero-order chi connectivity index (χ0) is 21.6. The maximum Gasteiger partial charge on any atom is 0.212 e. The minimum atomic E-state index is 0.149. The fraction of sp³-hybridized carbons (Fsp3) is 0.407. The minimum Gasteiger partial charge on any atom is -0.201 e. The van der Waals surface area contributed by atoms with Crippen LogP contribution < -0.4 is 9.13 Å². The van der Waals surface area contributed by atoms with Gasteiger partial charge in [-0.2, -0.15) is 0 Å². The molecular formula is C27H36N2+2. The fourth-order valence-electron chi connectivity index (χ4n) is 3.85. The van der Waals surface area contributed by atoms with Crippen molar-refractivity contribution in [3.8, 4) is 22.5 Å². The Morgan fingerprint density at radius 2 is 0.966 bits per heavy atom. The highest BCUT2D eigenvalue weighted by atomic mass is 14.9. The highest BCUT2D eigenvalue weighted by molar-refractivity contribution is 5.73. The Balaban J connectivity index is 2.10. The Morgan fingerprint density at radius 1 is 0.586 bits per heavy atom. The lowest BCUT2D eigenvalue weighted by Gasteiger charge is -2.18. The van der Waals surface area contributed by atoms with Crippen LogP contribution >= 0.6 is 0 Å². The third-order valence-corrected chi connectivity index (χ3v) is 5.88. The van der Waals surface area contributed by atoms with Gasteiger partial charge >= 0.3 is 0 Å². The van der Waals surface area contributed by atoms with Crippen molar-refractivity contribution in [1.82, 2.24) is 0 Å². The molecule has 0 amide bonds. The van der Waals surface area contributed by atoms with Crippen LogP contribution in [0.15, 0.2) is 54.9 Å². The van der Waals surface area contributed by atoms with Gasteiger partial charge in [-0.15, -0.1) is 0 Å². The molecule has 0 spiro atoms. The first-order valence-electron chi connectivity index (χ1n) is 10.5. The largest absolute Gasteiger partial charge is 0.212 e. The summed E-state index contributed by atoms with van der Waals surface area (Å²) in [6, 6.07) is 15.7. The van der Waals surface area contributed by atoms with Crippen molar-refractivity contribution in [3.05, 3.63) is 71.5 Å². The smallest absolute Gasteiger partial charge is 0.201 e. The molecule has 1 aromatic carbocycles. The van der Waals surface area contributed by atoms with Gasteiger partial charge in [0.1, 0.15) is 14.1 Å². The van der Waals surface area contributed by atoms with Gasteiger partial charge in [-0.1, -0.05) is 47.6 Å². The van der Waals surface area contributed by atoms with Gasteiger partial charge in [0.05, 0.1) is 0 Å². The first-order valence-corrected chi connectivity index (χ1v) is 10.5. The van der Waals surface area contributed by atoms with Crippen LogP contribution in [0.1, 0.15) is 58.2 Å². The summed E-state index contributed by atoms with van der Waals surface area (Å²) in [5.41, 5.74) is 9.35. The summed E-state index contributed by atoms with van der Waals surface area (Å²) in [7, 11) is 4.30. The molecule has 2 heterocycles. The molecule has 0 atom stereocenters. The molecular weight excluding hydrogens is 352 g/mol. The third kappa shape index (κ3) is 4.27. The number of aryl methyl sites for hydroxylation is 2. The van der Waals surface area contributed by atoms with Gasteiger partial charge in [0.2, 0.25) is 11.4 Å². The Kier molecular flexibility index (Phi) is 5.42. The number of pyridine rings is 2. The van der Waals surface area contributed by atoms with Crippen LogP contribution in [-0.2, 0) is 24.9 Å². The molecule has 29 heavy (non-hydrogen) atoms.